The Balaban J connectivity index is 2.72. The molecule has 0 aliphatic rings. The summed E-state index contributed by atoms with van der Waals surface area (Å²) in [7, 11) is 0. The zero-order chi connectivity index (χ0) is 15.3. The predicted molar refractivity (Wildman–Crippen MR) is 83.2 cm³/mol. The highest BCUT2D eigenvalue weighted by atomic mass is 16.5. The van der Waals surface area contributed by atoms with Crippen LogP contribution in [0.1, 0.15) is 30.5 Å². The van der Waals surface area contributed by atoms with E-state index in [1.165, 1.54) is 5.56 Å². The largest absolute Gasteiger partial charge is 0.483 e. The number of ether oxygens (including phenoxy) is 1. The van der Waals surface area contributed by atoms with Crippen molar-refractivity contribution in [1.29, 1.82) is 0 Å². The zero-order valence-corrected chi connectivity index (χ0v) is 13.2. The summed E-state index contributed by atoms with van der Waals surface area (Å²) in [6.45, 7) is 15.1. The van der Waals surface area contributed by atoms with E-state index in [0.29, 0.717) is 13.1 Å². The van der Waals surface area contributed by atoms with Gasteiger partial charge in [0.1, 0.15) is 5.75 Å². The predicted octanol–water partition coefficient (Wildman–Crippen LogP) is 3.42. The van der Waals surface area contributed by atoms with Crippen LogP contribution in [0.25, 0.3) is 0 Å². The number of carbonyl (C=O) groups excluding carboxylic acids is 1. The van der Waals surface area contributed by atoms with E-state index < -0.39 is 0 Å². The molecule has 0 saturated carbocycles. The minimum absolute atomic E-state index is 0.00475. The first-order valence-electron chi connectivity index (χ1n) is 6.98. The van der Waals surface area contributed by atoms with E-state index in [1.807, 2.05) is 27.7 Å². The second kappa shape index (κ2) is 7.13. The minimum Gasteiger partial charge on any atom is -0.483 e. The van der Waals surface area contributed by atoms with Gasteiger partial charge < -0.3 is 9.64 Å². The van der Waals surface area contributed by atoms with Crippen molar-refractivity contribution in [2.45, 2.75) is 34.6 Å². The summed E-state index contributed by atoms with van der Waals surface area (Å²) in [6, 6.07) is 4.14. The lowest BCUT2D eigenvalue weighted by molar-refractivity contribution is -0.132. The van der Waals surface area contributed by atoms with E-state index in [4.69, 9.17) is 4.74 Å². The normalized spacial score (nSPS) is 10.2. The molecule has 0 saturated heterocycles. The fourth-order valence-corrected chi connectivity index (χ4v) is 2.32. The van der Waals surface area contributed by atoms with E-state index in [9.17, 15) is 4.79 Å². The molecule has 0 radical (unpaired) electrons. The van der Waals surface area contributed by atoms with Crippen molar-refractivity contribution in [3.05, 3.63) is 41.0 Å². The molecule has 0 fully saturated rings. The van der Waals surface area contributed by atoms with Crippen molar-refractivity contribution in [3.8, 4) is 5.75 Å². The van der Waals surface area contributed by atoms with E-state index in [-0.39, 0.29) is 12.5 Å². The van der Waals surface area contributed by atoms with Crippen LogP contribution in [0, 0.1) is 20.8 Å². The third-order valence-corrected chi connectivity index (χ3v) is 3.14. The maximum Gasteiger partial charge on any atom is 0.260 e. The summed E-state index contributed by atoms with van der Waals surface area (Å²) in [6.07, 6.45) is 0. The Hall–Kier alpha value is -1.77. The fourth-order valence-electron chi connectivity index (χ4n) is 2.32. The van der Waals surface area contributed by atoms with Crippen LogP contribution in [-0.4, -0.2) is 30.5 Å². The fraction of sp³-hybridized carbons (Fsp3) is 0.471. The molecule has 1 aromatic carbocycles. The molecule has 0 N–H and O–H groups in total. The van der Waals surface area contributed by atoms with Gasteiger partial charge in [-0.1, -0.05) is 29.8 Å². The first-order chi connectivity index (χ1) is 9.35. The van der Waals surface area contributed by atoms with Gasteiger partial charge >= 0.3 is 0 Å². The second-order valence-corrected chi connectivity index (χ2v) is 5.38. The Morgan fingerprint density at radius 2 is 1.80 bits per heavy atom. The first-order valence-corrected chi connectivity index (χ1v) is 6.98. The Bertz CT molecular complexity index is 483. The highest BCUT2D eigenvalue weighted by Crippen LogP contribution is 2.24. The number of nitrogens with zero attached hydrogens (tertiary/aromatic N) is 1. The molecule has 0 aliphatic carbocycles. The zero-order valence-electron chi connectivity index (χ0n) is 13.2. The average Bonchev–Trinajstić information content (AvgIpc) is 2.33. The second-order valence-electron chi connectivity index (χ2n) is 5.38. The van der Waals surface area contributed by atoms with Gasteiger partial charge in [-0.2, -0.15) is 0 Å². The summed E-state index contributed by atoms with van der Waals surface area (Å²) < 4.78 is 5.73. The van der Waals surface area contributed by atoms with Gasteiger partial charge in [-0.25, -0.2) is 0 Å². The molecule has 0 aliphatic heterocycles. The van der Waals surface area contributed by atoms with Crippen LogP contribution in [0.15, 0.2) is 24.3 Å². The summed E-state index contributed by atoms with van der Waals surface area (Å²) >= 11 is 0. The Morgan fingerprint density at radius 1 is 1.25 bits per heavy atom. The van der Waals surface area contributed by atoms with E-state index >= 15 is 0 Å². The molecular formula is C17H25NO2. The quantitative estimate of drug-likeness (QED) is 0.745. The third kappa shape index (κ3) is 4.41. The number of benzene rings is 1. The van der Waals surface area contributed by atoms with Gasteiger partial charge in [0, 0.05) is 13.1 Å². The smallest absolute Gasteiger partial charge is 0.260 e. The average molecular weight is 275 g/mol. The van der Waals surface area contributed by atoms with E-state index in [2.05, 4.69) is 25.6 Å². The number of likely N-dealkylation sites (N-methyl/N-ethyl adjacent to an activating group) is 1. The Morgan fingerprint density at radius 3 is 2.25 bits per heavy atom. The number of hydrogen-bond donors (Lipinski definition) is 0. The monoisotopic (exact) mass is 275 g/mol. The highest BCUT2D eigenvalue weighted by molar-refractivity contribution is 5.78. The van der Waals surface area contributed by atoms with Crippen molar-refractivity contribution < 1.29 is 9.53 Å². The molecule has 3 heteroatoms. The Kier molecular flexibility index (Phi) is 5.81. The molecule has 20 heavy (non-hydrogen) atoms. The van der Waals surface area contributed by atoms with Crippen LogP contribution < -0.4 is 4.74 Å². The molecule has 0 atom stereocenters. The van der Waals surface area contributed by atoms with Gasteiger partial charge in [0.15, 0.2) is 6.61 Å². The minimum atomic E-state index is -0.00475. The van der Waals surface area contributed by atoms with E-state index in [1.54, 1.807) is 4.90 Å². The molecule has 110 valence electrons. The van der Waals surface area contributed by atoms with Gasteiger partial charge in [0.2, 0.25) is 0 Å². The van der Waals surface area contributed by atoms with Crippen LogP contribution in [-0.2, 0) is 4.79 Å². The molecule has 1 rings (SSSR count). The number of aryl methyl sites for hydroxylation is 3. The van der Waals surface area contributed by atoms with Crippen molar-refractivity contribution in [2.24, 2.45) is 0 Å². The molecule has 0 spiro atoms. The van der Waals surface area contributed by atoms with Crippen molar-refractivity contribution in [3.63, 3.8) is 0 Å². The van der Waals surface area contributed by atoms with Crippen molar-refractivity contribution >= 4 is 5.91 Å². The number of hydrogen-bond acceptors (Lipinski definition) is 2. The number of rotatable bonds is 6. The summed E-state index contributed by atoms with van der Waals surface area (Å²) in [4.78, 5) is 13.9. The van der Waals surface area contributed by atoms with Gasteiger partial charge in [-0.05, 0) is 45.7 Å². The van der Waals surface area contributed by atoms with Gasteiger partial charge in [0.05, 0.1) is 0 Å². The maximum absolute atomic E-state index is 12.1. The summed E-state index contributed by atoms with van der Waals surface area (Å²) in [5.41, 5.74) is 4.32. The SMILES string of the molecule is C=C(C)CN(CC)C(=O)COc1c(C)cc(C)cc1C. The molecule has 0 aromatic heterocycles. The molecule has 0 heterocycles. The van der Waals surface area contributed by atoms with Gasteiger partial charge in [-0.15, -0.1) is 0 Å². The maximum atomic E-state index is 12.1. The van der Waals surface area contributed by atoms with Crippen LogP contribution in [0.5, 0.6) is 5.75 Å². The molecule has 0 unspecified atom stereocenters. The van der Waals surface area contributed by atoms with Crippen molar-refractivity contribution in [2.75, 3.05) is 19.7 Å². The standard InChI is InChI=1S/C17H25NO2/c1-7-18(10-12(2)3)16(19)11-20-17-14(5)8-13(4)9-15(17)6/h8-9H,2,7,10-11H2,1,3-6H3. The molecule has 3 nitrogen and oxygen atoms in total. The lowest BCUT2D eigenvalue weighted by Gasteiger charge is -2.21. The summed E-state index contributed by atoms with van der Waals surface area (Å²) in [5.74, 6) is 0.810. The first kappa shape index (κ1) is 16.3. The third-order valence-electron chi connectivity index (χ3n) is 3.14. The lowest BCUT2D eigenvalue weighted by atomic mass is 10.1. The summed E-state index contributed by atoms with van der Waals surface area (Å²) in [5, 5.41) is 0. The molecule has 0 bridgehead atoms. The van der Waals surface area contributed by atoms with Crippen LogP contribution in [0.4, 0.5) is 0 Å². The van der Waals surface area contributed by atoms with E-state index in [0.717, 1.165) is 22.4 Å². The number of carbonyl (C=O) groups is 1. The van der Waals surface area contributed by atoms with Crippen LogP contribution >= 0.6 is 0 Å². The number of amides is 1. The molecule has 1 aromatic rings. The van der Waals surface area contributed by atoms with Gasteiger partial charge in [-0.3, -0.25) is 4.79 Å². The highest BCUT2D eigenvalue weighted by Gasteiger charge is 2.14. The topological polar surface area (TPSA) is 29.5 Å². The molecular weight excluding hydrogens is 250 g/mol. The van der Waals surface area contributed by atoms with Gasteiger partial charge in [0.25, 0.3) is 5.91 Å². The Labute approximate surface area is 122 Å². The lowest BCUT2D eigenvalue weighted by Crippen LogP contribution is -2.36. The van der Waals surface area contributed by atoms with Crippen LogP contribution in [0.2, 0.25) is 0 Å². The molecule has 1 amide bonds. The van der Waals surface area contributed by atoms with Crippen molar-refractivity contribution in [1.82, 2.24) is 4.90 Å². The van der Waals surface area contributed by atoms with Crippen LogP contribution in [0.3, 0.4) is 0 Å².